The second-order valence-corrected chi connectivity index (χ2v) is 12.1. The zero-order valence-corrected chi connectivity index (χ0v) is 24.3. The first kappa shape index (κ1) is 32.6. The van der Waals surface area contributed by atoms with Gasteiger partial charge in [0.05, 0.1) is 36.6 Å². The molecule has 0 radical (unpaired) electrons. The van der Waals surface area contributed by atoms with Gasteiger partial charge in [-0.2, -0.15) is 13.2 Å². The average Bonchev–Trinajstić information content (AvgIpc) is 2.84. The topological polar surface area (TPSA) is 73.3 Å². The van der Waals surface area contributed by atoms with Crippen molar-refractivity contribution in [2.24, 2.45) is 0 Å². The standard InChI is InChI=1S/C30H35F6N3O4/c1-17-10-19-11-18(27(40)41)6-7-22(19)26(38(17)16-30(34,35)36)25-23(32)12-20(13-24(25)33)39(28(42)43-29(2,3)4)21-14-37(15-21)9-5-8-31/h6-7,11-13,17,21,26H,5,8-10,14-16H2,1-4H3,(H,40,41)/t17-,26+/m1/s1. The monoisotopic (exact) mass is 615 g/mol. The van der Waals surface area contributed by atoms with Crippen LogP contribution in [0.1, 0.15) is 67.2 Å². The lowest BCUT2D eigenvalue weighted by Crippen LogP contribution is -2.61. The van der Waals surface area contributed by atoms with Gasteiger partial charge in [-0.3, -0.25) is 19.1 Å². The third kappa shape index (κ3) is 7.43. The molecule has 236 valence electrons. The minimum absolute atomic E-state index is 0.0391. The van der Waals surface area contributed by atoms with Gasteiger partial charge in [-0.1, -0.05) is 6.07 Å². The van der Waals surface area contributed by atoms with E-state index < -0.39 is 72.4 Å². The van der Waals surface area contributed by atoms with Gasteiger partial charge in [0.2, 0.25) is 0 Å². The van der Waals surface area contributed by atoms with E-state index >= 15 is 8.78 Å². The first-order valence-corrected chi connectivity index (χ1v) is 14.0. The fourth-order valence-corrected chi connectivity index (χ4v) is 5.75. The summed E-state index contributed by atoms with van der Waals surface area (Å²) >= 11 is 0. The Balaban J connectivity index is 1.79. The molecule has 0 spiro atoms. The second kappa shape index (κ2) is 12.4. The molecule has 0 unspecified atom stereocenters. The molecule has 2 aromatic rings. The molecule has 1 saturated heterocycles. The Hall–Kier alpha value is -3.32. The maximum Gasteiger partial charge on any atom is 0.415 e. The van der Waals surface area contributed by atoms with Crippen molar-refractivity contribution in [1.82, 2.24) is 9.80 Å². The lowest BCUT2D eigenvalue weighted by atomic mass is 9.83. The van der Waals surface area contributed by atoms with Gasteiger partial charge in [-0.15, -0.1) is 0 Å². The van der Waals surface area contributed by atoms with Crippen molar-refractivity contribution >= 4 is 17.7 Å². The number of carbonyl (C=O) groups is 2. The summed E-state index contributed by atoms with van der Waals surface area (Å²) in [4.78, 5) is 28.7. The van der Waals surface area contributed by atoms with Crippen LogP contribution < -0.4 is 4.90 Å². The van der Waals surface area contributed by atoms with Gasteiger partial charge in [0.25, 0.3) is 0 Å². The molecule has 0 saturated carbocycles. The summed E-state index contributed by atoms with van der Waals surface area (Å²) in [6.45, 7) is 5.47. The Morgan fingerprint density at radius 2 is 1.70 bits per heavy atom. The van der Waals surface area contributed by atoms with Crippen molar-refractivity contribution in [2.45, 2.75) is 70.4 Å². The highest BCUT2D eigenvalue weighted by Crippen LogP contribution is 2.43. The third-order valence-corrected chi connectivity index (χ3v) is 7.58. The predicted molar refractivity (Wildman–Crippen MR) is 147 cm³/mol. The van der Waals surface area contributed by atoms with Crippen LogP contribution >= 0.6 is 0 Å². The number of nitrogens with zero attached hydrogens (tertiary/aromatic N) is 3. The van der Waals surface area contributed by atoms with Crippen molar-refractivity contribution in [1.29, 1.82) is 0 Å². The molecule has 2 heterocycles. The minimum Gasteiger partial charge on any atom is -0.478 e. The van der Waals surface area contributed by atoms with Crippen LogP contribution in [-0.2, 0) is 11.2 Å². The van der Waals surface area contributed by atoms with E-state index in [0.717, 1.165) is 21.9 Å². The summed E-state index contributed by atoms with van der Waals surface area (Å²) < 4.78 is 91.3. The van der Waals surface area contributed by atoms with Gasteiger partial charge in [0.1, 0.15) is 17.2 Å². The number of carbonyl (C=O) groups excluding carboxylic acids is 1. The van der Waals surface area contributed by atoms with E-state index in [1.165, 1.54) is 25.1 Å². The largest absolute Gasteiger partial charge is 0.478 e. The van der Waals surface area contributed by atoms with E-state index in [4.69, 9.17) is 4.74 Å². The Morgan fingerprint density at radius 1 is 1.07 bits per heavy atom. The summed E-state index contributed by atoms with van der Waals surface area (Å²) in [6.07, 6.45) is -5.22. The molecule has 1 amide bonds. The molecule has 1 N–H and O–H groups in total. The fraction of sp³-hybridized carbons (Fsp3) is 0.533. The average molecular weight is 616 g/mol. The van der Waals surface area contributed by atoms with Crippen molar-refractivity contribution in [3.05, 3.63) is 64.2 Å². The smallest absolute Gasteiger partial charge is 0.415 e. The summed E-state index contributed by atoms with van der Waals surface area (Å²) in [7, 11) is 0. The molecule has 7 nitrogen and oxygen atoms in total. The molecular weight excluding hydrogens is 580 g/mol. The normalized spacial score (nSPS) is 20.0. The van der Waals surface area contributed by atoms with Gasteiger partial charge in [-0.25, -0.2) is 18.4 Å². The van der Waals surface area contributed by atoms with Crippen LogP contribution in [0.15, 0.2) is 30.3 Å². The van der Waals surface area contributed by atoms with Gasteiger partial charge < -0.3 is 9.84 Å². The molecule has 1 fully saturated rings. The Kier molecular flexibility index (Phi) is 9.36. The highest BCUT2D eigenvalue weighted by atomic mass is 19.4. The maximum atomic E-state index is 16.0. The first-order chi connectivity index (χ1) is 20.0. The first-order valence-electron chi connectivity index (χ1n) is 14.0. The van der Waals surface area contributed by atoms with Crippen LogP contribution in [-0.4, -0.2) is 83.7 Å². The van der Waals surface area contributed by atoms with Crippen molar-refractivity contribution < 1.29 is 45.8 Å². The van der Waals surface area contributed by atoms with Crippen molar-refractivity contribution in [3.63, 3.8) is 0 Å². The Morgan fingerprint density at radius 3 is 2.23 bits per heavy atom. The van der Waals surface area contributed by atoms with E-state index in [1.54, 1.807) is 20.8 Å². The van der Waals surface area contributed by atoms with Crippen LogP contribution in [0.4, 0.5) is 36.8 Å². The number of ether oxygens (including phenoxy) is 1. The number of benzene rings is 2. The number of hydrogen-bond acceptors (Lipinski definition) is 5. The molecule has 2 aliphatic rings. The number of fused-ring (bicyclic) bond motifs is 1. The van der Waals surface area contributed by atoms with Crippen LogP contribution in [0.25, 0.3) is 0 Å². The zero-order valence-electron chi connectivity index (χ0n) is 24.3. The highest BCUT2D eigenvalue weighted by molar-refractivity contribution is 5.89. The number of aromatic carboxylic acids is 1. The molecule has 2 aromatic carbocycles. The molecule has 4 rings (SSSR count). The number of carboxylic acid groups (broad SMARTS) is 1. The summed E-state index contributed by atoms with van der Waals surface area (Å²) in [5, 5.41) is 9.41. The lowest BCUT2D eigenvalue weighted by molar-refractivity contribution is -0.155. The number of alkyl halides is 4. The van der Waals surface area contributed by atoms with E-state index in [-0.39, 0.29) is 23.2 Å². The number of amides is 1. The molecule has 13 heteroatoms. The quantitative estimate of drug-likeness (QED) is 0.349. The Labute approximate surface area is 246 Å². The van der Waals surface area contributed by atoms with Crippen molar-refractivity contribution in [3.8, 4) is 0 Å². The van der Waals surface area contributed by atoms with Gasteiger partial charge in [0.15, 0.2) is 0 Å². The van der Waals surface area contributed by atoms with E-state index in [1.807, 2.05) is 4.90 Å². The molecule has 0 aromatic heterocycles. The fourth-order valence-electron chi connectivity index (χ4n) is 5.75. The maximum absolute atomic E-state index is 16.0. The molecule has 0 bridgehead atoms. The number of anilines is 1. The SMILES string of the molecule is C[C@@H]1Cc2cc(C(=O)O)ccc2[C@@H](c2c(F)cc(N(C(=O)OC(C)(C)C)C3CN(CCCF)C3)cc2F)N1CC(F)(F)F. The number of likely N-dealkylation sites (tertiary alicyclic amines) is 1. The third-order valence-electron chi connectivity index (χ3n) is 7.58. The number of carboxylic acids is 1. The molecule has 0 aliphatic carbocycles. The number of hydrogen-bond donors (Lipinski definition) is 1. The molecule has 2 aliphatic heterocycles. The number of halogens is 6. The van der Waals surface area contributed by atoms with Crippen LogP contribution in [0, 0.1) is 11.6 Å². The predicted octanol–water partition coefficient (Wildman–Crippen LogP) is 6.35. The summed E-state index contributed by atoms with van der Waals surface area (Å²) in [5.74, 6) is -3.58. The highest BCUT2D eigenvalue weighted by Gasteiger charge is 2.44. The van der Waals surface area contributed by atoms with Crippen LogP contribution in [0.2, 0.25) is 0 Å². The second-order valence-electron chi connectivity index (χ2n) is 12.1. The lowest BCUT2D eigenvalue weighted by Gasteiger charge is -2.45. The Bertz CT molecular complexity index is 1330. The zero-order chi connectivity index (χ0) is 31.9. The summed E-state index contributed by atoms with van der Waals surface area (Å²) in [5.41, 5.74) is -1.32. The van der Waals surface area contributed by atoms with Gasteiger partial charge in [-0.05, 0) is 75.9 Å². The van der Waals surface area contributed by atoms with E-state index in [0.29, 0.717) is 31.6 Å². The van der Waals surface area contributed by atoms with Gasteiger partial charge >= 0.3 is 18.2 Å². The van der Waals surface area contributed by atoms with Gasteiger partial charge in [0, 0.05) is 31.2 Å². The van der Waals surface area contributed by atoms with Crippen LogP contribution in [0.3, 0.4) is 0 Å². The minimum atomic E-state index is -4.69. The van der Waals surface area contributed by atoms with Crippen LogP contribution in [0.5, 0.6) is 0 Å². The summed E-state index contributed by atoms with van der Waals surface area (Å²) in [6, 6.07) is 2.70. The van der Waals surface area contributed by atoms with E-state index in [9.17, 15) is 32.3 Å². The molecule has 2 atom stereocenters. The van der Waals surface area contributed by atoms with Crippen molar-refractivity contribution in [2.75, 3.05) is 37.8 Å². The van der Waals surface area contributed by atoms with E-state index in [2.05, 4.69) is 0 Å². The molecule has 43 heavy (non-hydrogen) atoms. The number of rotatable bonds is 8. The molecular formula is C30H35F6N3O4.